The van der Waals surface area contributed by atoms with Crippen molar-refractivity contribution in [2.45, 2.75) is 25.3 Å². The Morgan fingerprint density at radius 1 is 0.862 bits per heavy atom. The van der Waals surface area contributed by atoms with E-state index in [-0.39, 0.29) is 11.1 Å². The number of hydrogen-bond acceptors (Lipinski definition) is 2. The van der Waals surface area contributed by atoms with Gasteiger partial charge in [0, 0.05) is 17.7 Å². The average molecular weight is 413 g/mol. The van der Waals surface area contributed by atoms with Gasteiger partial charge in [-0.2, -0.15) is 8.78 Å². The fourth-order valence-electron chi connectivity index (χ4n) is 3.77. The molecule has 0 radical (unpaired) electrons. The van der Waals surface area contributed by atoms with Gasteiger partial charge in [0.05, 0.1) is 10.7 Å². The van der Waals surface area contributed by atoms with E-state index in [2.05, 4.69) is 16.7 Å². The van der Waals surface area contributed by atoms with Gasteiger partial charge in [-0.1, -0.05) is 72.3 Å². The first kappa shape index (κ1) is 19.9. The lowest BCUT2D eigenvalue weighted by Crippen LogP contribution is -2.16. The van der Waals surface area contributed by atoms with Gasteiger partial charge in [0.2, 0.25) is 0 Å². The number of alkyl halides is 2. The number of hydrogen-bond donors (Lipinski definition) is 2. The molecule has 3 aromatic carbocycles. The summed E-state index contributed by atoms with van der Waals surface area (Å²) >= 11 is 6.45. The number of fused-ring (bicyclic) bond motifs is 1. The summed E-state index contributed by atoms with van der Waals surface area (Å²) in [6.07, 6.45) is 1.89. The van der Waals surface area contributed by atoms with Gasteiger partial charge in [-0.05, 0) is 48.7 Å². The van der Waals surface area contributed by atoms with E-state index in [4.69, 9.17) is 11.6 Å². The summed E-state index contributed by atoms with van der Waals surface area (Å²) in [5.41, 5.74) is 4.42. The zero-order valence-corrected chi connectivity index (χ0v) is 16.8. The molecule has 0 bridgehead atoms. The van der Waals surface area contributed by atoms with Gasteiger partial charge in [0.1, 0.15) is 0 Å². The van der Waals surface area contributed by atoms with Crippen LogP contribution < -0.4 is 10.6 Å². The van der Waals surface area contributed by atoms with Gasteiger partial charge in [-0.25, -0.2) is 0 Å². The summed E-state index contributed by atoms with van der Waals surface area (Å²) in [7, 11) is 0. The van der Waals surface area contributed by atoms with Crippen molar-refractivity contribution in [3.63, 3.8) is 0 Å². The molecule has 0 amide bonds. The Kier molecular flexibility index (Phi) is 5.84. The van der Waals surface area contributed by atoms with E-state index < -0.39 is 5.92 Å². The third-order valence-electron chi connectivity index (χ3n) is 5.40. The molecule has 29 heavy (non-hydrogen) atoms. The van der Waals surface area contributed by atoms with Crippen molar-refractivity contribution in [1.82, 2.24) is 5.32 Å². The van der Waals surface area contributed by atoms with Crippen molar-refractivity contribution in [3.05, 3.63) is 99.6 Å². The lowest BCUT2D eigenvalue weighted by atomic mass is 9.99. The predicted molar refractivity (Wildman–Crippen MR) is 115 cm³/mol. The molecule has 2 N–H and O–H groups in total. The van der Waals surface area contributed by atoms with E-state index in [0.717, 1.165) is 37.2 Å². The Morgan fingerprint density at radius 3 is 2.31 bits per heavy atom. The van der Waals surface area contributed by atoms with Gasteiger partial charge in [0.25, 0.3) is 5.92 Å². The minimum Gasteiger partial charge on any atom is -0.380 e. The number of benzene rings is 3. The van der Waals surface area contributed by atoms with E-state index >= 15 is 0 Å². The van der Waals surface area contributed by atoms with Crippen molar-refractivity contribution >= 4 is 17.3 Å². The maximum absolute atomic E-state index is 14.7. The smallest absolute Gasteiger partial charge is 0.298 e. The van der Waals surface area contributed by atoms with Gasteiger partial charge in [-0.15, -0.1) is 0 Å². The third-order valence-corrected chi connectivity index (χ3v) is 5.72. The van der Waals surface area contributed by atoms with Crippen LogP contribution in [-0.4, -0.2) is 13.1 Å². The van der Waals surface area contributed by atoms with Gasteiger partial charge < -0.3 is 10.6 Å². The molecule has 0 unspecified atom stereocenters. The Morgan fingerprint density at radius 2 is 1.55 bits per heavy atom. The van der Waals surface area contributed by atoms with Crippen LogP contribution in [0, 0.1) is 0 Å². The molecule has 4 rings (SSSR count). The van der Waals surface area contributed by atoms with Crippen LogP contribution in [0.3, 0.4) is 0 Å². The van der Waals surface area contributed by atoms with Crippen molar-refractivity contribution < 1.29 is 8.78 Å². The summed E-state index contributed by atoms with van der Waals surface area (Å²) in [5, 5.41) is 7.53. The number of rotatable bonds is 5. The Bertz CT molecular complexity index is 972. The van der Waals surface area contributed by atoms with Gasteiger partial charge in [0.15, 0.2) is 0 Å². The second-order valence-electron chi connectivity index (χ2n) is 7.30. The van der Waals surface area contributed by atoms with Crippen LogP contribution in [0.25, 0.3) is 0 Å². The van der Waals surface area contributed by atoms with Gasteiger partial charge in [-0.3, -0.25) is 0 Å². The first-order valence-corrected chi connectivity index (χ1v) is 10.2. The van der Waals surface area contributed by atoms with Crippen LogP contribution >= 0.6 is 11.6 Å². The SMILES string of the molecule is FC(F)(c1ccccc1)c1ccc(CNc2c(Cl)ccc3c2CCNCC3)cc1. The fourth-order valence-corrected chi connectivity index (χ4v) is 4.02. The van der Waals surface area contributed by atoms with E-state index in [1.165, 1.54) is 35.4 Å². The molecule has 2 nitrogen and oxygen atoms in total. The van der Waals surface area contributed by atoms with Gasteiger partial charge >= 0.3 is 0 Å². The number of anilines is 1. The average Bonchev–Trinajstić information content (AvgIpc) is 3.00. The molecular weight excluding hydrogens is 390 g/mol. The second kappa shape index (κ2) is 8.52. The predicted octanol–water partition coefficient (Wildman–Crippen LogP) is 5.78. The Hall–Kier alpha value is -2.43. The molecule has 0 saturated carbocycles. The van der Waals surface area contributed by atoms with E-state index in [1.807, 2.05) is 6.07 Å². The normalized spacial score (nSPS) is 14.2. The van der Waals surface area contributed by atoms with Crippen molar-refractivity contribution in [2.24, 2.45) is 0 Å². The lowest BCUT2D eigenvalue weighted by Gasteiger charge is -2.18. The molecule has 0 atom stereocenters. The first-order valence-electron chi connectivity index (χ1n) is 9.83. The molecule has 0 aromatic heterocycles. The summed E-state index contributed by atoms with van der Waals surface area (Å²) in [4.78, 5) is 0. The highest BCUT2D eigenvalue weighted by Gasteiger charge is 2.33. The first-order chi connectivity index (χ1) is 14.1. The molecular formula is C24H23ClF2N2. The van der Waals surface area contributed by atoms with Crippen molar-refractivity contribution in [3.8, 4) is 0 Å². The van der Waals surface area contributed by atoms with E-state index in [1.54, 1.807) is 30.3 Å². The molecule has 1 aliphatic rings. The highest BCUT2D eigenvalue weighted by molar-refractivity contribution is 6.33. The van der Waals surface area contributed by atoms with Crippen LogP contribution in [0.1, 0.15) is 27.8 Å². The molecule has 0 spiro atoms. The van der Waals surface area contributed by atoms with Crippen LogP contribution in [0.15, 0.2) is 66.7 Å². The fraction of sp³-hybridized carbons (Fsp3) is 0.250. The molecule has 0 aliphatic carbocycles. The van der Waals surface area contributed by atoms with Crippen LogP contribution in [0.5, 0.6) is 0 Å². The lowest BCUT2D eigenvalue weighted by molar-refractivity contribution is 0.0428. The molecule has 0 saturated heterocycles. The quantitative estimate of drug-likeness (QED) is 0.555. The maximum atomic E-state index is 14.7. The zero-order chi connectivity index (χ0) is 20.3. The maximum Gasteiger partial charge on any atom is 0.298 e. The van der Waals surface area contributed by atoms with E-state index in [0.29, 0.717) is 11.6 Å². The molecule has 1 aliphatic heterocycles. The minimum absolute atomic E-state index is 0.00163. The van der Waals surface area contributed by atoms with Crippen LogP contribution in [0.2, 0.25) is 5.02 Å². The third kappa shape index (κ3) is 4.29. The largest absolute Gasteiger partial charge is 0.380 e. The van der Waals surface area contributed by atoms with E-state index in [9.17, 15) is 8.78 Å². The molecule has 150 valence electrons. The second-order valence-corrected chi connectivity index (χ2v) is 7.71. The summed E-state index contributed by atoms with van der Waals surface area (Å²) in [5.74, 6) is -3.01. The molecule has 5 heteroatoms. The summed E-state index contributed by atoms with van der Waals surface area (Å²) in [6.45, 7) is 2.41. The molecule has 0 fully saturated rings. The highest BCUT2D eigenvalue weighted by atomic mass is 35.5. The minimum atomic E-state index is -3.01. The van der Waals surface area contributed by atoms with Crippen LogP contribution in [0.4, 0.5) is 14.5 Å². The highest BCUT2D eigenvalue weighted by Crippen LogP contribution is 2.36. The van der Waals surface area contributed by atoms with Crippen molar-refractivity contribution in [2.75, 3.05) is 18.4 Å². The standard InChI is InChI=1S/C24H23ClF2N2/c25-22-11-8-18-12-14-28-15-13-21(18)23(22)29-16-17-6-9-20(10-7-17)24(26,27)19-4-2-1-3-5-19/h1-11,28-29H,12-16H2. The zero-order valence-electron chi connectivity index (χ0n) is 16.0. The summed E-state index contributed by atoms with van der Waals surface area (Å²) in [6, 6.07) is 18.4. The molecule has 1 heterocycles. The molecule has 3 aromatic rings. The Balaban J connectivity index is 1.51. The Labute approximate surface area is 174 Å². The summed E-state index contributed by atoms with van der Waals surface area (Å²) < 4.78 is 29.4. The number of halogens is 3. The van der Waals surface area contributed by atoms with Crippen molar-refractivity contribution in [1.29, 1.82) is 0 Å². The number of nitrogens with one attached hydrogen (secondary N) is 2. The monoisotopic (exact) mass is 412 g/mol. The van der Waals surface area contributed by atoms with Crippen LogP contribution in [-0.2, 0) is 25.3 Å². The topological polar surface area (TPSA) is 24.1 Å².